The van der Waals surface area contributed by atoms with E-state index in [9.17, 15) is 4.79 Å². The van der Waals surface area contributed by atoms with Crippen LogP contribution in [0.15, 0.2) is 47.4 Å². The van der Waals surface area contributed by atoms with Gasteiger partial charge >= 0.3 is 5.97 Å². The Balaban J connectivity index is 2.19. The van der Waals surface area contributed by atoms with Crippen LogP contribution in [0.2, 0.25) is 5.02 Å². The molecule has 0 unspecified atom stereocenters. The fourth-order valence-corrected chi connectivity index (χ4v) is 3.01. The summed E-state index contributed by atoms with van der Waals surface area (Å²) in [6.07, 6.45) is 0. The van der Waals surface area contributed by atoms with Crippen molar-refractivity contribution in [3.8, 4) is 0 Å². The monoisotopic (exact) mass is 292 g/mol. The molecule has 0 saturated heterocycles. The van der Waals surface area contributed by atoms with Crippen LogP contribution < -0.4 is 0 Å². The predicted molar refractivity (Wildman–Crippen MR) is 79.2 cm³/mol. The van der Waals surface area contributed by atoms with Crippen molar-refractivity contribution in [3.63, 3.8) is 0 Å². The summed E-state index contributed by atoms with van der Waals surface area (Å²) in [6.45, 7) is 2.04. The van der Waals surface area contributed by atoms with Gasteiger partial charge in [-0.1, -0.05) is 41.4 Å². The molecule has 0 aliphatic heterocycles. The van der Waals surface area contributed by atoms with Gasteiger partial charge < -0.3 is 5.11 Å². The van der Waals surface area contributed by atoms with Gasteiger partial charge in [-0.25, -0.2) is 4.79 Å². The topological polar surface area (TPSA) is 37.3 Å². The minimum absolute atomic E-state index is 0.294. The number of carboxylic acids is 1. The lowest BCUT2D eigenvalue weighted by Crippen LogP contribution is -1.98. The Morgan fingerprint density at radius 2 is 2.05 bits per heavy atom. The zero-order chi connectivity index (χ0) is 13.8. The van der Waals surface area contributed by atoms with E-state index in [1.807, 2.05) is 25.1 Å². The lowest BCUT2D eigenvalue weighted by atomic mass is 10.2. The first-order valence-electron chi connectivity index (χ1n) is 5.77. The summed E-state index contributed by atoms with van der Waals surface area (Å²) in [7, 11) is 0. The van der Waals surface area contributed by atoms with Crippen molar-refractivity contribution in [2.24, 2.45) is 0 Å². The van der Waals surface area contributed by atoms with Gasteiger partial charge in [-0.15, -0.1) is 11.8 Å². The van der Waals surface area contributed by atoms with E-state index in [-0.39, 0.29) is 0 Å². The highest BCUT2D eigenvalue weighted by atomic mass is 35.5. The maximum atomic E-state index is 11.1. The Labute approximate surface area is 121 Å². The van der Waals surface area contributed by atoms with Crippen LogP contribution >= 0.6 is 23.4 Å². The van der Waals surface area contributed by atoms with E-state index in [1.54, 1.807) is 18.2 Å². The maximum absolute atomic E-state index is 11.1. The summed E-state index contributed by atoms with van der Waals surface area (Å²) < 4.78 is 0. The van der Waals surface area contributed by atoms with E-state index in [2.05, 4.69) is 6.07 Å². The Morgan fingerprint density at radius 1 is 1.26 bits per heavy atom. The first-order chi connectivity index (χ1) is 9.06. The average molecular weight is 293 g/mol. The molecule has 1 N–H and O–H groups in total. The van der Waals surface area contributed by atoms with Crippen molar-refractivity contribution in [2.75, 3.05) is 0 Å². The predicted octanol–water partition coefficient (Wildman–Crippen LogP) is 4.64. The molecule has 0 atom stereocenters. The molecule has 0 fully saturated rings. The van der Waals surface area contributed by atoms with Gasteiger partial charge in [-0.3, -0.25) is 0 Å². The van der Waals surface area contributed by atoms with Crippen molar-refractivity contribution in [1.82, 2.24) is 0 Å². The number of hydrogen-bond donors (Lipinski definition) is 1. The zero-order valence-corrected chi connectivity index (χ0v) is 12.0. The van der Waals surface area contributed by atoms with Crippen molar-refractivity contribution >= 4 is 29.3 Å². The molecule has 0 aliphatic rings. The lowest BCUT2D eigenvalue weighted by Gasteiger charge is -2.07. The van der Waals surface area contributed by atoms with E-state index >= 15 is 0 Å². The second-order valence-electron chi connectivity index (χ2n) is 4.22. The Morgan fingerprint density at radius 3 is 2.74 bits per heavy atom. The normalized spacial score (nSPS) is 10.4. The van der Waals surface area contributed by atoms with E-state index < -0.39 is 5.97 Å². The van der Waals surface area contributed by atoms with Gasteiger partial charge in [0.15, 0.2) is 0 Å². The molecule has 0 spiro atoms. The van der Waals surface area contributed by atoms with Gasteiger partial charge in [0.05, 0.1) is 5.56 Å². The zero-order valence-electron chi connectivity index (χ0n) is 10.4. The second kappa shape index (κ2) is 6.13. The van der Waals surface area contributed by atoms with Gasteiger partial charge in [-0.05, 0) is 30.7 Å². The summed E-state index contributed by atoms with van der Waals surface area (Å²) in [5.74, 6) is -0.203. The van der Waals surface area contributed by atoms with Gasteiger partial charge in [0.25, 0.3) is 0 Å². The summed E-state index contributed by atoms with van der Waals surface area (Å²) in [6, 6.07) is 13.0. The molecule has 0 aliphatic carbocycles. The third-order valence-electron chi connectivity index (χ3n) is 2.65. The molecule has 2 nitrogen and oxygen atoms in total. The van der Waals surface area contributed by atoms with Crippen LogP contribution in [0.1, 0.15) is 21.5 Å². The summed E-state index contributed by atoms with van der Waals surface area (Å²) in [5.41, 5.74) is 2.66. The molecule has 0 aromatic heterocycles. The number of thioether (sulfide) groups is 1. The minimum atomic E-state index is -0.927. The number of halogens is 1. The fraction of sp³-hybridized carbons (Fsp3) is 0.133. The average Bonchev–Trinajstić information content (AvgIpc) is 2.36. The number of carboxylic acid groups (broad SMARTS) is 1. The van der Waals surface area contributed by atoms with Crippen molar-refractivity contribution in [3.05, 3.63) is 64.2 Å². The highest BCUT2D eigenvalue weighted by molar-refractivity contribution is 7.98. The maximum Gasteiger partial charge on any atom is 0.336 e. The van der Waals surface area contributed by atoms with Crippen molar-refractivity contribution < 1.29 is 9.90 Å². The van der Waals surface area contributed by atoms with E-state index in [1.165, 1.54) is 22.9 Å². The number of rotatable bonds is 4. The van der Waals surface area contributed by atoms with Crippen molar-refractivity contribution in [2.45, 2.75) is 17.6 Å². The largest absolute Gasteiger partial charge is 0.478 e. The highest BCUT2D eigenvalue weighted by Crippen LogP contribution is 2.29. The van der Waals surface area contributed by atoms with Gasteiger partial charge in [-0.2, -0.15) is 0 Å². The number of aromatic carboxylic acids is 1. The molecule has 2 rings (SSSR count). The Kier molecular flexibility index (Phi) is 4.51. The van der Waals surface area contributed by atoms with Crippen LogP contribution in [0.3, 0.4) is 0 Å². The van der Waals surface area contributed by atoms with Gasteiger partial charge in [0.1, 0.15) is 0 Å². The third-order valence-corrected chi connectivity index (χ3v) is 4.01. The van der Waals surface area contributed by atoms with Crippen LogP contribution in [-0.4, -0.2) is 11.1 Å². The number of hydrogen-bond acceptors (Lipinski definition) is 2. The molecular formula is C15H13ClO2S. The quantitative estimate of drug-likeness (QED) is 0.834. The molecule has 0 saturated carbocycles. The second-order valence-corrected chi connectivity index (χ2v) is 5.68. The number of carbonyl (C=O) groups is 1. The molecule has 0 amide bonds. The molecule has 98 valence electrons. The molecule has 2 aromatic carbocycles. The van der Waals surface area contributed by atoms with Crippen LogP contribution in [0, 0.1) is 6.92 Å². The number of aryl methyl sites for hydroxylation is 1. The highest BCUT2D eigenvalue weighted by Gasteiger charge is 2.11. The SMILES string of the molecule is Cc1cccc(CSc2cc(Cl)ccc2C(=O)O)c1. The summed E-state index contributed by atoms with van der Waals surface area (Å²) >= 11 is 7.41. The molecule has 0 bridgehead atoms. The molecule has 0 radical (unpaired) electrons. The van der Waals surface area contributed by atoms with Crippen LogP contribution in [-0.2, 0) is 5.75 Å². The minimum Gasteiger partial charge on any atom is -0.478 e. The van der Waals surface area contributed by atoms with Gasteiger partial charge in [0, 0.05) is 15.7 Å². The first-order valence-corrected chi connectivity index (χ1v) is 7.14. The Bertz CT molecular complexity index is 611. The van der Waals surface area contributed by atoms with Crippen LogP contribution in [0.25, 0.3) is 0 Å². The fourth-order valence-electron chi connectivity index (χ4n) is 1.76. The van der Waals surface area contributed by atoms with E-state index in [0.29, 0.717) is 15.5 Å². The van der Waals surface area contributed by atoms with Crippen LogP contribution in [0.4, 0.5) is 0 Å². The summed E-state index contributed by atoms with van der Waals surface area (Å²) in [5, 5.41) is 9.69. The molecular weight excluding hydrogens is 280 g/mol. The molecule has 4 heteroatoms. The molecule has 0 heterocycles. The van der Waals surface area contributed by atoms with E-state index in [0.717, 1.165) is 5.75 Å². The van der Waals surface area contributed by atoms with Gasteiger partial charge in [0.2, 0.25) is 0 Å². The van der Waals surface area contributed by atoms with Crippen LogP contribution in [0.5, 0.6) is 0 Å². The molecule has 2 aromatic rings. The third kappa shape index (κ3) is 3.75. The smallest absolute Gasteiger partial charge is 0.336 e. The molecule has 19 heavy (non-hydrogen) atoms. The first kappa shape index (κ1) is 14.0. The lowest BCUT2D eigenvalue weighted by molar-refractivity contribution is 0.0693. The summed E-state index contributed by atoms with van der Waals surface area (Å²) in [4.78, 5) is 11.8. The number of benzene rings is 2. The standard InChI is InChI=1S/C15H13ClO2S/c1-10-3-2-4-11(7-10)9-19-14-8-12(16)5-6-13(14)15(17)18/h2-8H,9H2,1H3,(H,17,18). The Hall–Kier alpha value is -1.45. The van der Waals surface area contributed by atoms with E-state index in [4.69, 9.17) is 16.7 Å². The van der Waals surface area contributed by atoms with Crippen molar-refractivity contribution in [1.29, 1.82) is 0 Å².